The van der Waals surface area contributed by atoms with Crippen molar-refractivity contribution in [1.82, 2.24) is 14.7 Å². The van der Waals surface area contributed by atoms with Gasteiger partial charge in [-0.3, -0.25) is 14.6 Å². The second kappa shape index (κ2) is 7.66. The molecule has 4 heteroatoms. The van der Waals surface area contributed by atoms with E-state index in [1.54, 1.807) is 6.92 Å². The normalized spacial score (nSPS) is 26.5. The molecule has 3 rings (SSSR count). The summed E-state index contributed by atoms with van der Waals surface area (Å²) in [4.78, 5) is 18.9. The summed E-state index contributed by atoms with van der Waals surface area (Å²) in [7, 11) is 0. The van der Waals surface area contributed by atoms with Crippen molar-refractivity contribution in [3.8, 4) is 0 Å². The number of aryl methyl sites for hydroxylation is 1. The third-order valence-corrected chi connectivity index (χ3v) is 5.58. The fraction of sp³-hybridized carbons (Fsp3) is 0.650. The average Bonchev–Trinajstić information content (AvgIpc) is 2.74. The van der Waals surface area contributed by atoms with Crippen LogP contribution < -0.4 is 0 Å². The van der Waals surface area contributed by atoms with Gasteiger partial charge in [0, 0.05) is 58.8 Å². The fourth-order valence-corrected chi connectivity index (χ4v) is 4.31. The minimum atomic E-state index is 0.220. The predicted molar refractivity (Wildman–Crippen MR) is 97.9 cm³/mol. The Morgan fingerprint density at radius 2 is 2.00 bits per heavy atom. The molecule has 132 valence electrons. The lowest BCUT2D eigenvalue weighted by molar-refractivity contribution is -0.128. The lowest BCUT2D eigenvalue weighted by Gasteiger charge is -2.30. The average molecular weight is 329 g/mol. The summed E-state index contributed by atoms with van der Waals surface area (Å²) in [5.41, 5.74) is 2.76. The second-order valence-electron chi connectivity index (χ2n) is 7.62. The van der Waals surface area contributed by atoms with Crippen molar-refractivity contribution in [2.45, 2.75) is 39.8 Å². The van der Waals surface area contributed by atoms with Gasteiger partial charge in [0.15, 0.2) is 0 Å². The first-order valence-corrected chi connectivity index (χ1v) is 9.30. The molecule has 2 fully saturated rings. The van der Waals surface area contributed by atoms with Crippen LogP contribution >= 0.6 is 0 Å². The summed E-state index contributed by atoms with van der Waals surface area (Å²) in [5.74, 6) is 0.913. The quantitative estimate of drug-likeness (QED) is 0.852. The van der Waals surface area contributed by atoms with Gasteiger partial charge in [0.1, 0.15) is 0 Å². The van der Waals surface area contributed by atoms with E-state index in [4.69, 9.17) is 0 Å². The molecule has 0 saturated carbocycles. The van der Waals surface area contributed by atoms with Crippen molar-refractivity contribution in [3.05, 3.63) is 35.4 Å². The molecule has 1 aromatic carbocycles. The Morgan fingerprint density at radius 1 is 1.17 bits per heavy atom. The fourth-order valence-electron chi connectivity index (χ4n) is 4.31. The van der Waals surface area contributed by atoms with Crippen molar-refractivity contribution in [2.75, 3.05) is 39.3 Å². The maximum Gasteiger partial charge on any atom is 0.219 e. The molecule has 2 saturated heterocycles. The van der Waals surface area contributed by atoms with Gasteiger partial charge < -0.3 is 4.90 Å². The van der Waals surface area contributed by atoms with Gasteiger partial charge in [-0.25, -0.2) is 0 Å². The highest BCUT2D eigenvalue weighted by Gasteiger charge is 2.34. The highest BCUT2D eigenvalue weighted by molar-refractivity contribution is 5.73. The molecule has 2 atom stereocenters. The first-order chi connectivity index (χ1) is 11.5. The maximum atomic E-state index is 11.6. The zero-order valence-corrected chi connectivity index (χ0v) is 15.4. The molecule has 0 bridgehead atoms. The second-order valence-corrected chi connectivity index (χ2v) is 7.62. The topological polar surface area (TPSA) is 26.8 Å². The van der Waals surface area contributed by atoms with Gasteiger partial charge in [-0.2, -0.15) is 0 Å². The first kappa shape index (κ1) is 17.4. The van der Waals surface area contributed by atoms with E-state index in [1.165, 1.54) is 17.7 Å². The van der Waals surface area contributed by atoms with Gasteiger partial charge in [-0.05, 0) is 24.8 Å². The molecular formula is C20H31N3O. The Labute approximate surface area is 146 Å². The Kier molecular flexibility index (Phi) is 5.57. The zero-order chi connectivity index (χ0) is 17.1. The van der Waals surface area contributed by atoms with Crippen LogP contribution in [0.2, 0.25) is 0 Å². The number of rotatable bonds is 3. The molecule has 0 aromatic heterocycles. The first-order valence-electron chi connectivity index (χ1n) is 9.30. The van der Waals surface area contributed by atoms with E-state index < -0.39 is 0 Å². The van der Waals surface area contributed by atoms with Crippen LogP contribution in [0.4, 0.5) is 0 Å². The van der Waals surface area contributed by atoms with Crippen molar-refractivity contribution in [2.24, 2.45) is 5.92 Å². The number of carbonyl (C=O) groups excluding carboxylic acids is 1. The number of amides is 1. The maximum absolute atomic E-state index is 11.6. The number of hydrogen-bond acceptors (Lipinski definition) is 3. The smallest absolute Gasteiger partial charge is 0.219 e. The van der Waals surface area contributed by atoms with Gasteiger partial charge in [-0.1, -0.05) is 36.8 Å². The number of hydrogen-bond donors (Lipinski definition) is 0. The standard InChI is InChI=1S/C20H31N3O/c1-16-6-4-7-19(12-16)14-21-13-17(2)20(15-21)23-9-5-8-22(10-11-23)18(3)24/h4,6-7,12,17,20H,5,8-11,13-15H2,1-3H3/t17-,20-/m0/s1. The molecule has 1 aromatic rings. The number of nitrogens with zero attached hydrogens (tertiary/aromatic N) is 3. The van der Waals surface area contributed by atoms with Crippen LogP contribution in [-0.4, -0.2) is 65.9 Å². The molecule has 0 N–H and O–H groups in total. The third-order valence-electron chi connectivity index (χ3n) is 5.58. The highest BCUT2D eigenvalue weighted by Crippen LogP contribution is 2.24. The zero-order valence-electron chi connectivity index (χ0n) is 15.4. The molecule has 4 nitrogen and oxygen atoms in total. The summed E-state index contributed by atoms with van der Waals surface area (Å²) < 4.78 is 0. The minimum absolute atomic E-state index is 0.220. The van der Waals surface area contributed by atoms with Crippen molar-refractivity contribution >= 4 is 5.91 Å². The molecule has 0 radical (unpaired) electrons. The lowest BCUT2D eigenvalue weighted by Crippen LogP contribution is -2.42. The highest BCUT2D eigenvalue weighted by atomic mass is 16.2. The van der Waals surface area contributed by atoms with Gasteiger partial charge in [0.25, 0.3) is 0 Å². The van der Waals surface area contributed by atoms with Crippen LogP contribution in [0.15, 0.2) is 24.3 Å². The molecular weight excluding hydrogens is 298 g/mol. The van der Waals surface area contributed by atoms with Crippen molar-refractivity contribution in [1.29, 1.82) is 0 Å². The Bertz CT molecular complexity index is 574. The molecule has 2 heterocycles. The summed E-state index contributed by atoms with van der Waals surface area (Å²) in [6.07, 6.45) is 1.10. The van der Waals surface area contributed by atoms with E-state index in [9.17, 15) is 4.79 Å². The monoisotopic (exact) mass is 329 g/mol. The van der Waals surface area contributed by atoms with Gasteiger partial charge in [-0.15, -0.1) is 0 Å². The SMILES string of the molecule is CC(=O)N1CCCN([C@H]2CN(Cc3cccc(C)c3)C[C@@H]2C)CC1. The summed E-state index contributed by atoms with van der Waals surface area (Å²) in [6, 6.07) is 9.49. The Balaban J connectivity index is 1.58. The van der Waals surface area contributed by atoms with E-state index in [1.807, 2.05) is 4.90 Å². The van der Waals surface area contributed by atoms with Gasteiger partial charge in [0.2, 0.25) is 5.91 Å². The van der Waals surface area contributed by atoms with Crippen LogP contribution in [0.1, 0.15) is 31.4 Å². The molecule has 0 aliphatic carbocycles. The number of carbonyl (C=O) groups is 1. The van der Waals surface area contributed by atoms with E-state index in [0.717, 1.165) is 45.7 Å². The minimum Gasteiger partial charge on any atom is -0.342 e. The molecule has 2 aliphatic rings. The molecule has 0 spiro atoms. The molecule has 1 amide bonds. The van der Waals surface area contributed by atoms with Crippen LogP contribution in [0.5, 0.6) is 0 Å². The van der Waals surface area contributed by atoms with Crippen molar-refractivity contribution < 1.29 is 4.79 Å². The Morgan fingerprint density at radius 3 is 2.75 bits per heavy atom. The Hall–Kier alpha value is -1.39. The largest absolute Gasteiger partial charge is 0.342 e. The van der Waals surface area contributed by atoms with E-state index in [-0.39, 0.29) is 5.91 Å². The van der Waals surface area contributed by atoms with Crippen LogP contribution in [-0.2, 0) is 11.3 Å². The lowest BCUT2D eigenvalue weighted by atomic mass is 10.0. The molecule has 0 unspecified atom stereocenters. The third kappa shape index (κ3) is 4.17. The van der Waals surface area contributed by atoms with Gasteiger partial charge in [0.05, 0.1) is 0 Å². The van der Waals surface area contributed by atoms with Crippen LogP contribution in [0.3, 0.4) is 0 Å². The molecule has 24 heavy (non-hydrogen) atoms. The summed E-state index contributed by atoms with van der Waals surface area (Å²) >= 11 is 0. The molecule has 2 aliphatic heterocycles. The van der Waals surface area contributed by atoms with E-state index >= 15 is 0 Å². The van der Waals surface area contributed by atoms with Crippen molar-refractivity contribution in [3.63, 3.8) is 0 Å². The predicted octanol–water partition coefficient (Wildman–Crippen LogP) is 2.37. The van der Waals surface area contributed by atoms with E-state index in [0.29, 0.717) is 12.0 Å². The van der Waals surface area contributed by atoms with E-state index in [2.05, 4.69) is 47.9 Å². The van der Waals surface area contributed by atoms with Gasteiger partial charge >= 0.3 is 0 Å². The summed E-state index contributed by atoms with van der Waals surface area (Å²) in [6.45, 7) is 13.6. The van der Waals surface area contributed by atoms with Crippen LogP contribution in [0, 0.1) is 12.8 Å². The number of likely N-dealkylation sites (tertiary alicyclic amines) is 1. The summed E-state index contributed by atoms with van der Waals surface area (Å²) in [5, 5.41) is 0. The van der Waals surface area contributed by atoms with Crippen LogP contribution in [0.25, 0.3) is 0 Å². The number of benzene rings is 1.